The molecule has 0 spiro atoms. The minimum absolute atomic E-state index is 0.0320. The summed E-state index contributed by atoms with van der Waals surface area (Å²) in [6.45, 7) is 3.99. The van der Waals surface area contributed by atoms with E-state index in [4.69, 9.17) is 14.2 Å². The van der Waals surface area contributed by atoms with Gasteiger partial charge in [-0.15, -0.1) is 5.10 Å². The number of hydrogen-bond acceptors (Lipinski definition) is 7. The Labute approximate surface area is 174 Å². The van der Waals surface area contributed by atoms with Crippen LogP contribution in [0.1, 0.15) is 48.7 Å². The van der Waals surface area contributed by atoms with Crippen LogP contribution < -0.4 is 4.74 Å². The van der Waals surface area contributed by atoms with E-state index in [0.717, 1.165) is 53.8 Å². The molecule has 4 heterocycles. The molecule has 1 fully saturated rings. The van der Waals surface area contributed by atoms with Crippen LogP contribution in [-0.2, 0) is 22.5 Å². The first-order chi connectivity index (χ1) is 14.7. The van der Waals surface area contributed by atoms with Crippen LogP contribution in [-0.4, -0.2) is 51.0 Å². The van der Waals surface area contributed by atoms with E-state index >= 15 is 0 Å². The van der Waals surface area contributed by atoms with E-state index in [1.165, 1.54) is 5.56 Å². The highest BCUT2D eigenvalue weighted by atomic mass is 16.5. The summed E-state index contributed by atoms with van der Waals surface area (Å²) in [5, 5.41) is 19.1. The van der Waals surface area contributed by atoms with Crippen LogP contribution in [0.2, 0.25) is 0 Å². The third kappa shape index (κ3) is 3.78. The summed E-state index contributed by atoms with van der Waals surface area (Å²) < 4.78 is 19.2. The number of aromatic nitrogens is 4. The van der Waals surface area contributed by atoms with Gasteiger partial charge in [-0.1, -0.05) is 5.21 Å². The molecule has 0 aliphatic carbocycles. The van der Waals surface area contributed by atoms with Gasteiger partial charge >= 0.3 is 0 Å². The van der Waals surface area contributed by atoms with Crippen LogP contribution >= 0.6 is 0 Å². The van der Waals surface area contributed by atoms with Crippen LogP contribution in [0.4, 0.5) is 0 Å². The van der Waals surface area contributed by atoms with Gasteiger partial charge in [0, 0.05) is 18.2 Å². The van der Waals surface area contributed by atoms with Crippen molar-refractivity contribution in [3.05, 3.63) is 47.4 Å². The van der Waals surface area contributed by atoms with Crippen molar-refractivity contribution in [1.82, 2.24) is 20.0 Å². The van der Waals surface area contributed by atoms with Gasteiger partial charge in [0.2, 0.25) is 0 Å². The minimum Gasteiger partial charge on any atom is -0.484 e. The van der Waals surface area contributed by atoms with E-state index in [1.54, 1.807) is 0 Å². The highest BCUT2D eigenvalue weighted by molar-refractivity contribution is 5.84. The zero-order valence-corrected chi connectivity index (χ0v) is 17.0. The predicted molar refractivity (Wildman–Crippen MR) is 109 cm³/mol. The first-order valence-electron chi connectivity index (χ1n) is 10.5. The Morgan fingerprint density at radius 1 is 1.33 bits per heavy atom. The Morgan fingerprint density at radius 3 is 3.17 bits per heavy atom. The van der Waals surface area contributed by atoms with Crippen LogP contribution in [0.15, 0.2) is 30.6 Å². The molecule has 2 aliphatic rings. The summed E-state index contributed by atoms with van der Waals surface area (Å²) in [5.41, 5.74) is 4.20. The van der Waals surface area contributed by atoms with Crippen molar-refractivity contribution in [2.24, 2.45) is 0 Å². The number of rotatable bonds is 5. The third-order valence-corrected chi connectivity index (χ3v) is 5.97. The average Bonchev–Trinajstić information content (AvgIpc) is 3.30. The van der Waals surface area contributed by atoms with Crippen molar-refractivity contribution in [1.29, 1.82) is 0 Å². The van der Waals surface area contributed by atoms with Gasteiger partial charge < -0.3 is 19.3 Å². The molecule has 158 valence electrons. The molecule has 2 aromatic heterocycles. The van der Waals surface area contributed by atoms with Gasteiger partial charge in [0.25, 0.3) is 0 Å². The van der Waals surface area contributed by atoms with Crippen molar-refractivity contribution in [2.75, 3.05) is 19.8 Å². The van der Waals surface area contributed by atoms with Gasteiger partial charge in [-0.2, -0.15) is 0 Å². The van der Waals surface area contributed by atoms with Gasteiger partial charge in [0.05, 0.1) is 43.7 Å². The fraction of sp³-hybridized carbons (Fsp3) is 0.500. The molecule has 1 N–H and O–H groups in total. The molecule has 3 unspecified atom stereocenters. The lowest BCUT2D eigenvalue weighted by molar-refractivity contribution is -0.0367. The molecule has 0 saturated carbocycles. The third-order valence-electron chi connectivity index (χ3n) is 5.97. The maximum atomic E-state index is 9.36. The highest BCUT2D eigenvalue weighted by Crippen LogP contribution is 2.30. The second kappa shape index (κ2) is 8.29. The fourth-order valence-corrected chi connectivity index (χ4v) is 4.26. The van der Waals surface area contributed by atoms with Gasteiger partial charge in [0.15, 0.2) is 0 Å². The summed E-state index contributed by atoms with van der Waals surface area (Å²) in [5.74, 6) is 0.789. The first kappa shape index (κ1) is 19.4. The summed E-state index contributed by atoms with van der Waals surface area (Å²) in [4.78, 5) is 4.55. The van der Waals surface area contributed by atoms with Gasteiger partial charge in [0.1, 0.15) is 17.5 Å². The first-order valence-corrected chi connectivity index (χ1v) is 10.5. The number of aliphatic hydroxyl groups excluding tert-OH is 1. The van der Waals surface area contributed by atoms with Crippen LogP contribution in [0.5, 0.6) is 5.75 Å². The molecule has 0 bridgehead atoms. The topological polar surface area (TPSA) is 91.5 Å². The fourth-order valence-electron chi connectivity index (χ4n) is 4.26. The predicted octanol–water partition coefficient (Wildman–Crippen LogP) is 2.75. The standard InChI is InChI=1S/C22H26N4O4/c1-14(22-11-26(25-24-22)16-4-7-29-18(8-16)12-27)30-17-2-3-21-20(9-17)19-5-6-28-13-15(19)10-23-21/h2-3,9-11,14,16,18,27H,4-8,12-13H2,1H3. The van der Waals surface area contributed by atoms with Crippen molar-refractivity contribution in [3.8, 4) is 5.75 Å². The highest BCUT2D eigenvalue weighted by Gasteiger charge is 2.25. The summed E-state index contributed by atoms with van der Waals surface area (Å²) >= 11 is 0. The van der Waals surface area contributed by atoms with Crippen molar-refractivity contribution in [2.45, 2.75) is 51.0 Å². The van der Waals surface area contributed by atoms with Crippen LogP contribution in [0.25, 0.3) is 10.9 Å². The number of hydrogen-bond donors (Lipinski definition) is 1. The van der Waals surface area contributed by atoms with E-state index < -0.39 is 0 Å². The van der Waals surface area contributed by atoms with Gasteiger partial charge in [-0.05, 0) is 55.5 Å². The largest absolute Gasteiger partial charge is 0.484 e. The molecule has 0 amide bonds. The van der Waals surface area contributed by atoms with Crippen LogP contribution in [0, 0.1) is 0 Å². The Kier molecular flexibility index (Phi) is 5.37. The quantitative estimate of drug-likeness (QED) is 0.691. The average molecular weight is 410 g/mol. The number of aliphatic hydroxyl groups is 1. The number of fused-ring (bicyclic) bond motifs is 3. The number of ether oxygens (including phenoxy) is 3. The molecule has 3 aromatic rings. The molecule has 30 heavy (non-hydrogen) atoms. The Bertz CT molecular complexity index is 1040. The van der Waals surface area contributed by atoms with E-state index in [2.05, 4.69) is 21.4 Å². The van der Waals surface area contributed by atoms with Crippen molar-refractivity contribution in [3.63, 3.8) is 0 Å². The summed E-state index contributed by atoms with van der Waals surface area (Å²) in [6.07, 6.45) is 5.98. The Morgan fingerprint density at radius 2 is 2.27 bits per heavy atom. The number of nitrogens with zero attached hydrogens (tertiary/aromatic N) is 4. The molecule has 5 rings (SSSR count). The SMILES string of the molecule is CC(Oc1ccc2ncc3c(c2c1)CCOC3)c1cn(C2CCOC(CO)C2)nn1. The summed E-state index contributed by atoms with van der Waals surface area (Å²) in [7, 11) is 0. The lowest BCUT2D eigenvalue weighted by Crippen LogP contribution is -2.30. The maximum absolute atomic E-state index is 9.36. The van der Waals surface area contributed by atoms with E-state index in [-0.39, 0.29) is 24.9 Å². The van der Waals surface area contributed by atoms with Gasteiger partial charge in [-0.3, -0.25) is 4.98 Å². The molecule has 8 nitrogen and oxygen atoms in total. The normalized spacial score (nSPS) is 22.6. The zero-order chi connectivity index (χ0) is 20.5. The Balaban J connectivity index is 1.33. The second-order valence-corrected chi connectivity index (χ2v) is 7.98. The van der Waals surface area contributed by atoms with Gasteiger partial charge in [-0.25, -0.2) is 4.68 Å². The molecule has 2 aliphatic heterocycles. The monoisotopic (exact) mass is 410 g/mol. The lowest BCUT2D eigenvalue weighted by Gasteiger charge is -2.28. The molecular formula is C22H26N4O4. The molecule has 0 radical (unpaired) electrons. The molecule has 1 aromatic carbocycles. The zero-order valence-electron chi connectivity index (χ0n) is 17.0. The number of pyridine rings is 1. The molecule has 8 heteroatoms. The van der Waals surface area contributed by atoms with E-state index in [0.29, 0.717) is 13.2 Å². The van der Waals surface area contributed by atoms with Crippen molar-refractivity contribution < 1.29 is 19.3 Å². The second-order valence-electron chi connectivity index (χ2n) is 7.98. The van der Waals surface area contributed by atoms with E-state index in [9.17, 15) is 5.11 Å². The van der Waals surface area contributed by atoms with Crippen molar-refractivity contribution >= 4 is 10.9 Å². The smallest absolute Gasteiger partial charge is 0.141 e. The summed E-state index contributed by atoms with van der Waals surface area (Å²) in [6, 6.07) is 6.20. The molecule has 3 atom stereocenters. The molecule has 1 saturated heterocycles. The molecular weight excluding hydrogens is 384 g/mol. The van der Waals surface area contributed by atoms with E-state index in [1.807, 2.05) is 36.1 Å². The minimum atomic E-state index is -0.236. The lowest BCUT2D eigenvalue weighted by atomic mass is 10.00. The number of benzene rings is 1. The maximum Gasteiger partial charge on any atom is 0.141 e. The Hall–Kier alpha value is -2.55. The van der Waals surface area contributed by atoms with Crippen LogP contribution in [0.3, 0.4) is 0 Å².